The Labute approximate surface area is 87.6 Å². The van der Waals surface area contributed by atoms with Crippen LogP contribution in [0.1, 0.15) is 25.7 Å². The Hall–Kier alpha value is -1.23. The van der Waals surface area contributed by atoms with Crippen LogP contribution in [0.5, 0.6) is 0 Å². The van der Waals surface area contributed by atoms with E-state index >= 15 is 0 Å². The molecule has 0 unspecified atom stereocenters. The molecule has 0 aromatic carbocycles. The first-order valence-electron chi connectivity index (χ1n) is 5.16. The van der Waals surface area contributed by atoms with Gasteiger partial charge >= 0.3 is 0 Å². The zero-order chi connectivity index (χ0) is 10.7. The molecular formula is C10H14FN3O. The second kappa shape index (κ2) is 4.53. The summed E-state index contributed by atoms with van der Waals surface area (Å²) >= 11 is 0. The summed E-state index contributed by atoms with van der Waals surface area (Å²) in [7, 11) is 0. The lowest BCUT2D eigenvalue weighted by atomic mass is 9.93. The van der Waals surface area contributed by atoms with Gasteiger partial charge in [0.1, 0.15) is 12.1 Å². The van der Waals surface area contributed by atoms with Gasteiger partial charge in [0.15, 0.2) is 0 Å². The van der Waals surface area contributed by atoms with Gasteiger partial charge in [0.05, 0.1) is 6.10 Å². The second-order valence-corrected chi connectivity index (χ2v) is 3.88. The van der Waals surface area contributed by atoms with E-state index < -0.39 is 5.95 Å². The van der Waals surface area contributed by atoms with Crippen molar-refractivity contribution in [1.82, 2.24) is 9.97 Å². The van der Waals surface area contributed by atoms with Crippen molar-refractivity contribution in [2.24, 2.45) is 0 Å². The molecule has 0 aliphatic heterocycles. The maximum absolute atomic E-state index is 12.8. The van der Waals surface area contributed by atoms with E-state index in [0.29, 0.717) is 5.82 Å². The summed E-state index contributed by atoms with van der Waals surface area (Å²) < 4.78 is 12.8. The molecule has 1 heterocycles. The van der Waals surface area contributed by atoms with Gasteiger partial charge in [-0.05, 0) is 25.7 Å². The molecule has 0 saturated heterocycles. The van der Waals surface area contributed by atoms with E-state index in [9.17, 15) is 9.50 Å². The maximum atomic E-state index is 12.8. The summed E-state index contributed by atoms with van der Waals surface area (Å²) in [6.07, 6.45) is 4.41. The Kier molecular flexibility index (Phi) is 3.11. The highest BCUT2D eigenvalue weighted by molar-refractivity contribution is 5.33. The van der Waals surface area contributed by atoms with Crippen LogP contribution in [-0.4, -0.2) is 27.2 Å². The summed E-state index contributed by atoms with van der Waals surface area (Å²) in [6, 6.07) is 1.56. The van der Waals surface area contributed by atoms with Gasteiger partial charge in [0.25, 0.3) is 0 Å². The summed E-state index contributed by atoms with van der Waals surface area (Å²) in [4.78, 5) is 7.32. The zero-order valence-corrected chi connectivity index (χ0v) is 8.36. The van der Waals surface area contributed by atoms with Crippen molar-refractivity contribution in [2.45, 2.75) is 37.8 Å². The van der Waals surface area contributed by atoms with Gasteiger partial charge in [-0.25, -0.2) is 9.97 Å². The highest BCUT2D eigenvalue weighted by Crippen LogP contribution is 2.21. The molecule has 0 atom stereocenters. The van der Waals surface area contributed by atoms with Crippen LogP contribution in [0.25, 0.3) is 0 Å². The second-order valence-electron chi connectivity index (χ2n) is 3.88. The predicted molar refractivity (Wildman–Crippen MR) is 53.9 cm³/mol. The minimum Gasteiger partial charge on any atom is -0.393 e. The van der Waals surface area contributed by atoms with Gasteiger partial charge in [-0.15, -0.1) is 0 Å². The molecule has 1 fully saturated rings. The fraction of sp³-hybridized carbons (Fsp3) is 0.600. The van der Waals surface area contributed by atoms with Crippen LogP contribution in [0.4, 0.5) is 10.2 Å². The lowest BCUT2D eigenvalue weighted by Gasteiger charge is -2.26. The third-order valence-corrected chi connectivity index (χ3v) is 2.68. The third kappa shape index (κ3) is 2.86. The zero-order valence-electron chi connectivity index (χ0n) is 8.36. The highest BCUT2D eigenvalue weighted by Gasteiger charge is 2.19. The van der Waals surface area contributed by atoms with E-state index in [1.807, 2.05) is 0 Å². The van der Waals surface area contributed by atoms with Gasteiger partial charge in [-0.3, -0.25) is 0 Å². The van der Waals surface area contributed by atoms with Crippen molar-refractivity contribution in [3.63, 3.8) is 0 Å². The van der Waals surface area contributed by atoms with E-state index in [4.69, 9.17) is 0 Å². The first kappa shape index (κ1) is 10.3. The van der Waals surface area contributed by atoms with Crippen LogP contribution in [0, 0.1) is 5.95 Å². The number of halogens is 1. The molecule has 1 saturated carbocycles. The van der Waals surface area contributed by atoms with Crippen molar-refractivity contribution in [3.8, 4) is 0 Å². The van der Waals surface area contributed by atoms with Crippen molar-refractivity contribution in [2.75, 3.05) is 5.32 Å². The number of nitrogens with zero attached hydrogens (tertiary/aromatic N) is 2. The van der Waals surface area contributed by atoms with E-state index in [2.05, 4.69) is 15.3 Å². The van der Waals surface area contributed by atoms with E-state index in [0.717, 1.165) is 25.7 Å². The monoisotopic (exact) mass is 211 g/mol. The number of hydrogen-bond acceptors (Lipinski definition) is 4. The lowest BCUT2D eigenvalue weighted by molar-refractivity contribution is 0.126. The van der Waals surface area contributed by atoms with Gasteiger partial charge < -0.3 is 10.4 Å². The van der Waals surface area contributed by atoms with E-state index in [-0.39, 0.29) is 12.1 Å². The molecule has 2 rings (SSSR count). The van der Waals surface area contributed by atoms with Crippen molar-refractivity contribution in [1.29, 1.82) is 0 Å². The topological polar surface area (TPSA) is 58.0 Å². The molecule has 1 aliphatic rings. The molecule has 4 nitrogen and oxygen atoms in total. The standard InChI is InChI=1S/C10H14FN3O/c11-9-5-10(13-6-12-9)14-7-1-3-8(15)4-2-7/h5-8,15H,1-4H2,(H,12,13,14). The predicted octanol–water partition coefficient (Wildman–Crippen LogP) is 1.33. The summed E-state index contributed by atoms with van der Waals surface area (Å²) in [5.41, 5.74) is 0. The molecular weight excluding hydrogens is 197 g/mol. The first-order chi connectivity index (χ1) is 7.24. The molecule has 0 radical (unpaired) electrons. The van der Waals surface area contributed by atoms with Crippen LogP contribution >= 0.6 is 0 Å². The fourth-order valence-electron chi connectivity index (χ4n) is 1.84. The Balaban J connectivity index is 1.92. The number of aliphatic hydroxyl groups excluding tert-OH is 1. The molecule has 1 aromatic heterocycles. The van der Waals surface area contributed by atoms with Gasteiger partial charge in [-0.2, -0.15) is 4.39 Å². The van der Waals surface area contributed by atoms with Gasteiger partial charge in [0.2, 0.25) is 5.95 Å². The summed E-state index contributed by atoms with van der Waals surface area (Å²) in [5.74, 6) is -0.00719. The largest absolute Gasteiger partial charge is 0.393 e. The minimum atomic E-state index is -0.525. The number of rotatable bonds is 2. The Morgan fingerprint density at radius 3 is 2.67 bits per heavy atom. The lowest BCUT2D eigenvalue weighted by Crippen LogP contribution is -2.28. The summed E-state index contributed by atoms with van der Waals surface area (Å²) in [6.45, 7) is 0. The average molecular weight is 211 g/mol. The Morgan fingerprint density at radius 2 is 2.00 bits per heavy atom. The third-order valence-electron chi connectivity index (χ3n) is 2.68. The molecule has 82 valence electrons. The number of aromatic nitrogens is 2. The molecule has 0 amide bonds. The molecule has 5 heteroatoms. The van der Waals surface area contributed by atoms with Crippen molar-refractivity contribution in [3.05, 3.63) is 18.3 Å². The molecule has 0 bridgehead atoms. The van der Waals surface area contributed by atoms with Crippen LogP contribution in [0.2, 0.25) is 0 Å². The van der Waals surface area contributed by atoms with Crippen LogP contribution in [0.3, 0.4) is 0 Å². The molecule has 2 N–H and O–H groups in total. The van der Waals surface area contributed by atoms with Gasteiger partial charge in [-0.1, -0.05) is 0 Å². The Bertz CT molecular complexity index is 326. The minimum absolute atomic E-state index is 0.176. The highest BCUT2D eigenvalue weighted by atomic mass is 19.1. The van der Waals surface area contributed by atoms with Gasteiger partial charge in [0, 0.05) is 12.1 Å². The quantitative estimate of drug-likeness (QED) is 0.724. The van der Waals surface area contributed by atoms with E-state index in [1.165, 1.54) is 12.4 Å². The van der Waals surface area contributed by atoms with Crippen LogP contribution in [0.15, 0.2) is 12.4 Å². The van der Waals surface area contributed by atoms with Crippen molar-refractivity contribution >= 4 is 5.82 Å². The van der Waals surface area contributed by atoms with E-state index in [1.54, 1.807) is 0 Å². The van der Waals surface area contributed by atoms with Crippen molar-refractivity contribution < 1.29 is 9.50 Å². The molecule has 1 aromatic rings. The fourth-order valence-corrected chi connectivity index (χ4v) is 1.84. The SMILES string of the molecule is OC1CCC(Nc2cc(F)ncn2)CC1. The number of hydrogen-bond donors (Lipinski definition) is 2. The molecule has 1 aliphatic carbocycles. The maximum Gasteiger partial charge on any atom is 0.217 e. The smallest absolute Gasteiger partial charge is 0.217 e. The number of nitrogens with one attached hydrogen (secondary N) is 1. The number of aliphatic hydroxyl groups is 1. The molecule has 15 heavy (non-hydrogen) atoms. The molecule has 0 spiro atoms. The summed E-state index contributed by atoms with van der Waals surface area (Å²) in [5, 5.41) is 12.5. The average Bonchev–Trinajstić information content (AvgIpc) is 2.22. The number of anilines is 1. The van der Waals surface area contributed by atoms with Crippen LogP contribution in [-0.2, 0) is 0 Å². The van der Waals surface area contributed by atoms with Crippen LogP contribution < -0.4 is 5.32 Å². The Morgan fingerprint density at radius 1 is 1.27 bits per heavy atom. The first-order valence-corrected chi connectivity index (χ1v) is 5.16. The normalized spacial score (nSPS) is 26.3.